The van der Waals surface area contributed by atoms with Crippen LogP contribution in [0.15, 0.2) is 45.8 Å². The molecule has 0 aliphatic carbocycles. The Hall–Kier alpha value is -2.32. The number of carbonyl (C=O) groups is 2. The molecule has 1 aliphatic heterocycles. The van der Waals surface area contributed by atoms with E-state index in [0.29, 0.717) is 45.0 Å². The van der Waals surface area contributed by atoms with Crippen molar-refractivity contribution in [3.8, 4) is 11.5 Å². The molecule has 31 heavy (non-hydrogen) atoms. The maximum atomic E-state index is 13.9. The summed E-state index contributed by atoms with van der Waals surface area (Å²) in [6, 6.07) is 9.71. The Kier molecular flexibility index (Phi) is 7.78. The van der Waals surface area contributed by atoms with E-state index in [2.05, 4.69) is 15.9 Å². The van der Waals surface area contributed by atoms with E-state index in [1.54, 1.807) is 36.4 Å². The highest BCUT2D eigenvalue weighted by molar-refractivity contribution is 9.10. The number of benzene rings is 2. The van der Waals surface area contributed by atoms with Gasteiger partial charge in [0, 0.05) is 16.1 Å². The van der Waals surface area contributed by atoms with Crippen LogP contribution in [0.5, 0.6) is 11.5 Å². The summed E-state index contributed by atoms with van der Waals surface area (Å²) in [6.45, 7) is 6.08. The normalized spacial score (nSPS) is 16.2. The summed E-state index contributed by atoms with van der Waals surface area (Å²) >= 11 is 4.43. The highest BCUT2D eigenvalue weighted by atomic mass is 79.9. The number of nitrogens with zero attached hydrogens (tertiary/aromatic N) is 1. The summed E-state index contributed by atoms with van der Waals surface area (Å²) in [4.78, 5) is 26.6. The molecule has 0 aromatic heterocycles. The molecule has 8 heteroatoms. The lowest BCUT2D eigenvalue weighted by Crippen LogP contribution is -2.36. The van der Waals surface area contributed by atoms with Gasteiger partial charge in [0.25, 0.3) is 11.1 Å². The first-order chi connectivity index (χ1) is 14.8. The molecule has 0 N–H and O–H groups in total. The number of thioether (sulfide) groups is 1. The first kappa shape index (κ1) is 23.3. The van der Waals surface area contributed by atoms with Gasteiger partial charge in [0.15, 0.2) is 11.5 Å². The largest absolute Gasteiger partial charge is 0.490 e. The molecule has 2 aromatic rings. The molecule has 164 valence electrons. The van der Waals surface area contributed by atoms with E-state index < -0.39 is 0 Å². The van der Waals surface area contributed by atoms with Crippen molar-refractivity contribution in [2.75, 3.05) is 6.61 Å². The predicted molar refractivity (Wildman–Crippen MR) is 124 cm³/mol. The first-order valence-corrected chi connectivity index (χ1v) is 11.6. The zero-order valence-corrected chi connectivity index (χ0v) is 19.9. The number of hydrogen-bond donors (Lipinski definition) is 0. The topological polar surface area (TPSA) is 55.8 Å². The first-order valence-electron chi connectivity index (χ1n) is 9.95. The van der Waals surface area contributed by atoms with Gasteiger partial charge in [0.05, 0.1) is 11.5 Å². The molecule has 0 saturated carbocycles. The standard InChI is InChI=1S/C23H23BrFNO4S/c1-4-14(3)26-22(27)21(31-23(26)28)11-16-10-19(29-5-2)20(12-17(16)24)30-13-15-8-6-7-9-18(15)25/h6-12,14H,4-5,13H2,1-3H3/b21-11+/t14-/m1/s1. The minimum atomic E-state index is -0.340. The van der Waals surface area contributed by atoms with Crippen LogP contribution in [-0.2, 0) is 11.4 Å². The van der Waals surface area contributed by atoms with E-state index in [1.807, 2.05) is 20.8 Å². The Balaban J connectivity index is 1.88. The van der Waals surface area contributed by atoms with Crippen molar-refractivity contribution in [1.29, 1.82) is 0 Å². The van der Waals surface area contributed by atoms with Crippen molar-refractivity contribution in [2.45, 2.75) is 39.8 Å². The second-order valence-electron chi connectivity index (χ2n) is 6.94. The van der Waals surface area contributed by atoms with E-state index in [4.69, 9.17) is 9.47 Å². The molecule has 5 nitrogen and oxygen atoms in total. The molecule has 1 fully saturated rings. The summed E-state index contributed by atoms with van der Waals surface area (Å²) in [7, 11) is 0. The highest BCUT2D eigenvalue weighted by Crippen LogP contribution is 2.39. The van der Waals surface area contributed by atoms with Gasteiger partial charge < -0.3 is 9.47 Å². The van der Waals surface area contributed by atoms with Crippen molar-refractivity contribution < 1.29 is 23.5 Å². The maximum absolute atomic E-state index is 13.9. The van der Waals surface area contributed by atoms with Crippen LogP contribution >= 0.6 is 27.7 Å². The number of amides is 2. The maximum Gasteiger partial charge on any atom is 0.293 e. The average Bonchev–Trinajstić information content (AvgIpc) is 3.02. The Labute approximate surface area is 193 Å². The summed E-state index contributed by atoms with van der Waals surface area (Å²) < 4.78 is 26.1. The van der Waals surface area contributed by atoms with Crippen molar-refractivity contribution >= 4 is 44.9 Å². The zero-order chi connectivity index (χ0) is 22.5. The third-order valence-electron chi connectivity index (χ3n) is 4.85. The molecule has 1 heterocycles. The van der Waals surface area contributed by atoms with Crippen LogP contribution in [-0.4, -0.2) is 28.7 Å². The number of ether oxygens (including phenoxy) is 2. The van der Waals surface area contributed by atoms with Crippen LogP contribution in [0.2, 0.25) is 0 Å². The minimum absolute atomic E-state index is 0.0479. The molecule has 0 unspecified atom stereocenters. The van der Waals surface area contributed by atoms with Crippen LogP contribution in [0.1, 0.15) is 38.3 Å². The third kappa shape index (κ3) is 5.30. The van der Waals surface area contributed by atoms with Crippen LogP contribution < -0.4 is 9.47 Å². The predicted octanol–water partition coefficient (Wildman–Crippen LogP) is 6.40. The molecule has 1 aliphatic rings. The lowest BCUT2D eigenvalue weighted by molar-refractivity contribution is -0.124. The van der Waals surface area contributed by atoms with E-state index in [0.717, 1.165) is 11.8 Å². The summed E-state index contributed by atoms with van der Waals surface area (Å²) in [5, 5.41) is -0.267. The molecule has 2 aromatic carbocycles. The Morgan fingerprint density at radius 2 is 1.87 bits per heavy atom. The fourth-order valence-electron chi connectivity index (χ4n) is 3.00. The number of rotatable bonds is 8. The van der Waals surface area contributed by atoms with Gasteiger partial charge in [0.1, 0.15) is 12.4 Å². The van der Waals surface area contributed by atoms with Crippen LogP contribution in [0.25, 0.3) is 6.08 Å². The van der Waals surface area contributed by atoms with Crippen LogP contribution in [0, 0.1) is 5.82 Å². The van der Waals surface area contributed by atoms with Crippen molar-refractivity contribution in [2.24, 2.45) is 0 Å². The number of hydrogen-bond acceptors (Lipinski definition) is 5. The van der Waals surface area contributed by atoms with E-state index in [1.165, 1.54) is 11.0 Å². The van der Waals surface area contributed by atoms with E-state index >= 15 is 0 Å². The number of imide groups is 1. The van der Waals surface area contributed by atoms with Gasteiger partial charge in [-0.2, -0.15) is 0 Å². The number of halogens is 2. The highest BCUT2D eigenvalue weighted by Gasteiger charge is 2.37. The summed E-state index contributed by atoms with van der Waals surface area (Å²) in [6.07, 6.45) is 2.36. The Bertz CT molecular complexity index is 1030. The van der Waals surface area contributed by atoms with Gasteiger partial charge in [-0.05, 0) is 61.9 Å². The molecule has 0 spiro atoms. The Morgan fingerprint density at radius 3 is 2.55 bits per heavy atom. The second kappa shape index (κ2) is 10.3. The lowest BCUT2D eigenvalue weighted by Gasteiger charge is -2.19. The molecule has 0 radical (unpaired) electrons. The second-order valence-corrected chi connectivity index (χ2v) is 8.79. The third-order valence-corrected chi connectivity index (χ3v) is 6.42. The van der Waals surface area contributed by atoms with E-state index in [-0.39, 0.29) is 29.6 Å². The molecule has 2 amide bonds. The number of carbonyl (C=O) groups excluding carboxylic acids is 2. The van der Waals surface area contributed by atoms with Crippen LogP contribution in [0.3, 0.4) is 0 Å². The van der Waals surface area contributed by atoms with Gasteiger partial charge in [-0.1, -0.05) is 41.1 Å². The van der Waals surface area contributed by atoms with Crippen molar-refractivity contribution in [1.82, 2.24) is 4.90 Å². The lowest BCUT2D eigenvalue weighted by atomic mass is 10.1. The van der Waals surface area contributed by atoms with Crippen molar-refractivity contribution in [3.05, 3.63) is 62.7 Å². The summed E-state index contributed by atoms with van der Waals surface area (Å²) in [5.41, 5.74) is 1.11. The SMILES string of the molecule is CCOc1cc(/C=C2/SC(=O)N([C@H](C)CC)C2=O)c(Br)cc1OCc1ccccc1F. The molecule has 1 atom stereocenters. The monoisotopic (exact) mass is 507 g/mol. The fourth-order valence-corrected chi connectivity index (χ4v) is 4.35. The molecular weight excluding hydrogens is 485 g/mol. The van der Waals surface area contributed by atoms with Gasteiger partial charge in [-0.3, -0.25) is 14.5 Å². The van der Waals surface area contributed by atoms with Gasteiger partial charge in [-0.15, -0.1) is 0 Å². The smallest absolute Gasteiger partial charge is 0.293 e. The fraction of sp³-hybridized carbons (Fsp3) is 0.304. The molecular formula is C23H23BrFNO4S. The van der Waals surface area contributed by atoms with E-state index in [9.17, 15) is 14.0 Å². The molecule has 0 bridgehead atoms. The summed E-state index contributed by atoms with van der Waals surface area (Å²) in [5.74, 6) is 0.276. The van der Waals surface area contributed by atoms with Crippen molar-refractivity contribution in [3.63, 3.8) is 0 Å². The molecule has 1 saturated heterocycles. The van der Waals surface area contributed by atoms with Crippen LogP contribution in [0.4, 0.5) is 9.18 Å². The molecule has 3 rings (SSSR count). The quantitative estimate of drug-likeness (QED) is 0.387. The minimum Gasteiger partial charge on any atom is -0.490 e. The zero-order valence-electron chi connectivity index (χ0n) is 17.5. The van der Waals surface area contributed by atoms with Gasteiger partial charge >= 0.3 is 0 Å². The van der Waals surface area contributed by atoms with Gasteiger partial charge in [-0.25, -0.2) is 4.39 Å². The average molecular weight is 508 g/mol. The Morgan fingerprint density at radius 1 is 1.16 bits per heavy atom. The van der Waals surface area contributed by atoms with Gasteiger partial charge in [0.2, 0.25) is 0 Å².